The molecule has 13 heteroatoms. The Balaban J connectivity index is 3.04. The number of sulfone groups is 1. The standard InChI is InChI=1S/C15H12F4N4O4S/c1-3-28(26,27)9-4-8(12(16)13(21)7(9)6-20)23-11(24)5-10(15(17,18)19)22(2)14(23)25/h4-5H,3,21H2,1-2H3. The number of rotatable bonds is 3. The van der Waals surface area contributed by atoms with Crippen molar-refractivity contribution < 1.29 is 26.0 Å². The Kier molecular flexibility index (Phi) is 5.13. The highest BCUT2D eigenvalue weighted by molar-refractivity contribution is 7.91. The zero-order chi connectivity index (χ0) is 21.6. The minimum absolute atomic E-state index is 0.0107. The van der Waals surface area contributed by atoms with Gasteiger partial charge < -0.3 is 5.73 Å². The second kappa shape index (κ2) is 6.79. The Morgan fingerprint density at radius 1 is 1.25 bits per heavy atom. The smallest absolute Gasteiger partial charge is 0.395 e. The van der Waals surface area contributed by atoms with Crippen LogP contribution in [0.2, 0.25) is 0 Å². The monoisotopic (exact) mass is 420 g/mol. The Morgan fingerprint density at radius 2 is 1.82 bits per heavy atom. The zero-order valence-electron chi connectivity index (χ0n) is 14.3. The van der Waals surface area contributed by atoms with E-state index in [1.54, 1.807) is 0 Å². The van der Waals surface area contributed by atoms with Crippen molar-refractivity contribution in [3.63, 3.8) is 0 Å². The molecule has 0 unspecified atom stereocenters. The highest BCUT2D eigenvalue weighted by Crippen LogP contribution is 2.30. The number of nitriles is 1. The van der Waals surface area contributed by atoms with E-state index in [4.69, 9.17) is 11.0 Å². The quantitative estimate of drug-likeness (QED) is 0.447. The number of hydrogen-bond donors (Lipinski definition) is 1. The normalized spacial score (nSPS) is 12.0. The van der Waals surface area contributed by atoms with E-state index < -0.39 is 66.4 Å². The van der Waals surface area contributed by atoms with Gasteiger partial charge in [0.15, 0.2) is 15.7 Å². The fraction of sp³-hybridized carbons (Fsp3) is 0.267. The molecule has 1 aromatic heterocycles. The largest absolute Gasteiger partial charge is 0.431 e. The van der Waals surface area contributed by atoms with E-state index in [2.05, 4.69) is 0 Å². The average molecular weight is 420 g/mol. The first-order valence-electron chi connectivity index (χ1n) is 7.43. The second-order valence-corrected chi connectivity index (χ2v) is 7.80. The van der Waals surface area contributed by atoms with Gasteiger partial charge in [-0.25, -0.2) is 22.2 Å². The number of hydrogen-bond acceptors (Lipinski definition) is 6. The lowest BCUT2D eigenvalue weighted by molar-refractivity contribution is -0.144. The number of nitrogens with two attached hydrogens (primary N) is 1. The van der Waals surface area contributed by atoms with E-state index in [-0.39, 0.29) is 15.2 Å². The molecule has 150 valence electrons. The summed E-state index contributed by atoms with van der Waals surface area (Å²) in [6, 6.07) is 2.02. The van der Waals surface area contributed by atoms with Crippen molar-refractivity contribution in [2.75, 3.05) is 11.5 Å². The van der Waals surface area contributed by atoms with Crippen molar-refractivity contribution >= 4 is 15.5 Å². The Labute approximate surface area is 155 Å². The lowest BCUT2D eigenvalue weighted by atomic mass is 10.1. The summed E-state index contributed by atoms with van der Waals surface area (Å²) < 4.78 is 77.9. The van der Waals surface area contributed by atoms with E-state index in [1.165, 1.54) is 13.0 Å². The lowest BCUT2D eigenvalue weighted by Crippen LogP contribution is -2.41. The maximum Gasteiger partial charge on any atom is 0.431 e. The first-order valence-corrected chi connectivity index (χ1v) is 9.08. The van der Waals surface area contributed by atoms with Gasteiger partial charge in [0.1, 0.15) is 11.8 Å². The fourth-order valence-corrected chi connectivity index (χ4v) is 3.51. The maximum absolute atomic E-state index is 14.6. The van der Waals surface area contributed by atoms with E-state index in [0.29, 0.717) is 13.1 Å². The number of halogens is 4. The lowest BCUT2D eigenvalue weighted by Gasteiger charge is -2.16. The predicted octanol–water partition coefficient (Wildman–Crippen LogP) is 0.942. The molecular formula is C15H12F4N4O4S. The molecular weight excluding hydrogens is 408 g/mol. The average Bonchev–Trinajstić information content (AvgIpc) is 2.60. The highest BCUT2D eigenvalue weighted by Gasteiger charge is 2.35. The van der Waals surface area contributed by atoms with Crippen molar-refractivity contribution in [1.29, 1.82) is 5.26 Å². The molecule has 0 atom stereocenters. The van der Waals surface area contributed by atoms with Crippen LogP contribution >= 0.6 is 0 Å². The Morgan fingerprint density at radius 3 is 2.29 bits per heavy atom. The van der Waals surface area contributed by atoms with Crippen LogP contribution in [0.15, 0.2) is 26.6 Å². The molecule has 2 N–H and O–H groups in total. The molecule has 1 heterocycles. The minimum atomic E-state index is -5.04. The van der Waals surface area contributed by atoms with Gasteiger partial charge in [0.2, 0.25) is 0 Å². The Hall–Kier alpha value is -3.14. The van der Waals surface area contributed by atoms with Crippen LogP contribution in [0.1, 0.15) is 18.2 Å². The molecule has 0 aliphatic rings. The molecule has 0 spiro atoms. The highest BCUT2D eigenvalue weighted by atomic mass is 32.2. The van der Waals surface area contributed by atoms with Gasteiger partial charge in [-0.05, 0) is 6.07 Å². The van der Waals surface area contributed by atoms with E-state index in [0.717, 1.165) is 0 Å². The van der Waals surface area contributed by atoms with Crippen molar-refractivity contribution in [3.8, 4) is 11.8 Å². The SMILES string of the molecule is CCS(=O)(=O)c1cc(-n2c(=O)cc(C(F)(F)F)n(C)c2=O)c(F)c(N)c1C#N. The third-order valence-electron chi connectivity index (χ3n) is 3.92. The summed E-state index contributed by atoms with van der Waals surface area (Å²) in [6.45, 7) is 1.22. The van der Waals surface area contributed by atoms with Crippen LogP contribution in [0.5, 0.6) is 0 Å². The number of nitrogens with zero attached hydrogens (tertiary/aromatic N) is 3. The third kappa shape index (κ3) is 3.26. The first kappa shape index (κ1) is 21.2. The summed E-state index contributed by atoms with van der Waals surface area (Å²) in [5.41, 5.74) is -1.94. The van der Waals surface area contributed by atoms with Crippen LogP contribution in [0.4, 0.5) is 23.2 Å². The van der Waals surface area contributed by atoms with Gasteiger partial charge in [0.05, 0.1) is 27.6 Å². The van der Waals surface area contributed by atoms with Crippen LogP contribution in [-0.4, -0.2) is 23.3 Å². The number of alkyl halides is 3. The van der Waals surface area contributed by atoms with Crippen LogP contribution < -0.4 is 17.0 Å². The van der Waals surface area contributed by atoms with Crippen molar-refractivity contribution in [2.45, 2.75) is 18.0 Å². The summed E-state index contributed by atoms with van der Waals surface area (Å²) in [6.07, 6.45) is -5.04. The molecule has 0 aliphatic carbocycles. The number of nitrogen functional groups attached to an aromatic ring is 1. The van der Waals surface area contributed by atoms with E-state index >= 15 is 0 Å². The van der Waals surface area contributed by atoms with Crippen molar-refractivity contribution in [3.05, 3.63) is 50.0 Å². The van der Waals surface area contributed by atoms with Crippen LogP contribution in [0.3, 0.4) is 0 Å². The van der Waals surface area contributed by atoms with Gasteiger partial charge in [-0.3, -0.25) is 9.36 Å². The molecule has 0 saturated carbocycles. The molecule has 8 nitrogen and oxygen atoms in total. The van der Waals surface area contributed by atoms with Crippen LogP contribution in [-0.2, 0) is 23.1 Å². The summed E-state index contributed by atoms with van der Waals surface area (Å²) in [5.74, 6) is -2.02. The molecule has 2 rings (SSSR count). The summed E-state index contributed by atoms with van der Waals surface area (Å²) in [7, 11) is -3.45. The molecule has 28 heavy (non-hydrogen) atoms. The Bertz CT molecular complexity index is 1240. The summed E-state index contributed by atoms with van der Waals surface area (Å²) >= 11 is 0. The van der Waals surface area contributed by atoms with E-state index in [9.17, 15) is 35.6 Å². The molecule has 0 bridgehead atoms. The molecule has 0 radical (unpaired) electrons. The predicted molar refractivity (Wildman–Crippen MR) is 89.1 cm³/mol. The minimum Gasteiger partial charge on any atom is -0.395 e. The first-order chi connectivity index (χ1) is 12.8. The van der Waals surface area contributed by atoms with Gasteiger partial charge >= 0.3 is 11.9 Å². The summed E-state index contributed by atoms with van der Waals surface area (Å²) in [4.78, 5) is 23.7. The molecule has 0 saturated heterocycles. The van der Waals surface area contributed by atoms with E-state index in [1.807, 2.05) is 0 Å². The number of aromatic nitrogens is 2. The van der Waals surface area contributed by atoms with Gasteiger partial charge in [-0.15, -0.1) is 0 Å². The van der Waals surface area contributed by atoms with Crippen LogP contribution in [0, 0.1) is 17.1 Å². The second-order valence-electron chi connectivity index (χ2n) is 5.55. The summed E-state index contributed by atoms with van der Waals surface area (Å²) in [5, 5.41) is 9.10. The zero-order valence-corrected chi connectivity index (χ0v) is 15.2. The molecule has 0 aliphatic heterocycles. The van der Waals surface area contributed by atoms with Gasteiger partial charge in [0, 0.05) is 13.1 Å². The number of anilines is 1. The van der Waals surface area contributed by atoms with Gasteiger partial charge in [-0.2, -0.15) is 18.4 Å². The van der Waals surface area contributed by atoms with Crippen molar-refractivity contribution in [1.82, 2.24) is 9.13 Å². The third-order valence-corrected chi connectivity index (χ3v) is 5.68. The van der Waals surface area contributed by atoms with Gasteiger partial charge in [-0.1, -0.05) is 6.92 Å². The molecule has 0 fully saturated rings. The fourth-order valence-electron chi connectivity index (χ4n) is 2.44. The maximum atomic E-state index is 14.6. The number of benzene rings is 1. The molecule has 2 aromatic rings. The topological polar surface area (TPSA) is 128 Å². The molecule has 1 aromatic carbocycles. The van der Waals surface area contributed by atoms with Gasteiger partial charge in [0.25, 0.3) is 5.56 Å². The van der Waals surface area contributed by atoms with Crippen LogP contribution in [0.25, 0.3) is 5.69 Å². The molecule has 0 amide bonds. The van der Waals surface area contributed by atoms with Crippen molar-refractivity contribution in [2.24, 2.45) is 7.05 Å².